The molecular formula is C29H35F2N3O4. The van der Waals surface area contributed by atoms with E-state index in [9.17, 15) is 18.4 Å². The second kappa shape index (κ2) is 12.9. The van der Waals surface area contributed by atoms with Crippen LogP contribution < -0.4 is 10.1 Å². The fourth-order valence-corrected chi connectivity index (χ4v) is 4.29. The van der Waals surface area contributed by atoms with Crippen LogP contribution in [0.1, 0.15) is 67.8 Å². The van der Waals surface area contributed by atoms with Crippen LogP contribution in [-0.4, -0.2) is 43.4 Å². The van der Waals surface area contributed by atoms with E-state index in [1.165, 1.54) is 12.1 Å². The van der Waals surface area contributed by atoms with E-state index >= 15 is 0 Å². The third kappa shape index (κ3) is 8.02. The minimum Gasteiger partial charge on any atom is -0.493 e. The molecule has 1 aliphatic carbocycles. The molecule has 0 heterocycles. The van der Waals surface area contributed by atoms with Crippen molar-refractivity contribution in [2.45, 2.75) is 57.9 Å². The molecule has 7 nitrogen and oxygen atoms in total. The Morgan fingerprint density at radius 3 is 2.42 bits per heavy atom. The lowest BCUT2D eigenvalue weighted by Crippen LogP contribution is -2.30. The number of benzene rings is 2. The summed E-state index contributed by atoms with van der Waals surface area (Å²) in [5.74, 6) is -3.73. The molecule has 1 atom stereocenters. The van der Waals surface area contributed by atoms with Gasteiger partial charge < -0.3 is 25.6 Å². The standard InChI is InChI=1S/C29H35F2N3O4/c1-18(21-9-10-26(38-12-4-11-37-3)25(16-21)29(2,30)31)34-27(36)17-24(35)13-19-5-7-20(8-6-19)28(33)22-14-23(32)15-22/h5-10,16,18,22,32-33H,4,11-15,17H2,1-3H3,(H,34,36). The van der Waals surface area contributed by atoms with E-state index in [-0.39, 0.29) is 42.5 Å². The largest absolute Gasteiger partial charge is 0.493 e. The molecule has 38 heavy (non-hydrogen) atoms. The number of carbonyl (C=O) groups is 2. The lowest BCUT2D eigenvalue weighted by Gasteiger charge is -2.27. The van der Waals surface area contributed by atoms with Crippen molar-refractivity contribution in [3.8, 4) is 5.75 Å². The van der Waals surface area contributed by atoms with Gasteiger partial charge in [0.2, 0.25) is 5.91 Å². The molecular weight excluding hydrogens is 492 g/mol. The third-order valence-corrected chi connectivity index (χ3v) is 6.52. The summed E-state index contributed by atoms with van der Waals surface area (Å²) in [4.78, 5) is 25.0. The highest BCUT2D eigenvalue weighted by molar-refractivity contribution is 6.07. The summed E-state index contributed by atoms with van der Waals surface area (Å²) in [6.45, 7) is 3.17. The van der Waals surface area contributed by atoms with Crippen LogP contribution in [0.25, 0.3) is 0 Å². The fourth-order valence-electron chi connectivity index (χ4n) is 4.29. The second-order valence-electron chi connectivity index (χ2n) is 9.84. The zero-order valence-electron chi connectivity index (χ0n) is 22.0. The highest BCUT2D eigenvalue weighted by atomic mass is 19.3. The Hall–Kier alpha value is -3.46. The first kappa shape index (κ1) is 29.1. The minimum absolute atomic E-state index is 0.0742. The van der Waals surface area contributed by atoms with Crippen molar-refractivity contribution in [1.29, 1.82) is 10.8 Å². The molecule has 1 aliphatic rings. The summed E-state index contributed by atoms with van der Waals surface area (Å²) in [7, 11) is 1.56. The average Bonchev–Trinajstić information content (AvgIpc) is 2.84. The van der Waals surface area contributed by atoms with Crippen LogP contribution >= 0.6 is 0 Å². The molecule has 0 aliphatic heterocycles. The number of Topliss-reactive ketones (excluding diaryl/α,β-unsaturated/α-hetero) is 1. The van der Waals surface area contributed by atoms with Crippen LogP contribution in [0, 0.1) is 16.7 Å². The van der Waals surface area contributed by atoms with Gasteiger partial charge in [-0.25, -0.2) is 8.78 Å². The van der Waals surface area contributed by atoms with Crippen LogP contribution in [0.5, 0.6) is 5.75 Å². The molecule has 0 bridgehead atoms. The summed E-state index contributed by atoms with van der Waals surface area (Å²) < 4.78 is 39.0. The smallest absolute Gasteiger partial charge is 0.274 e. The first-order chi connectivity index (χ1) is 18.0. The number of ether oxygens (including phenoxy) is 2. The predicted molar refractivity (Wildman–Crippen MR) is 142 cm³/mol. The maximum atomic E-state index is 14.3. The van der Waals surface area contributed by atoms with E-state index in [1.807, 2.05) is 0 Å². The quantitative estimate of drug-likeness (QED) is 0.174. The van der Waals surface area contributed by atoms with E-state index < -0.39 is 17.9 Å². The topological polar surface area (TPSA) is 112 Å². The van der Waals surface area contributed by atoms with Crippen molar-refractivity contribution in [2.24, 2.45) is 5.92 Å². The van der Waals surface area contributed by atoms with Crippen LogP contribution in [0.2, 0.25) is 0 Å². The summed E-state index contributed by atoms with van der Waals surface area (Å²) >= 11 is 0. The van der Waals surface area contributed by atoms with Gasteiger partial charge in [-0.2, -0.15) is 0 Å². The first-order valence-electron chi connectivity index (χ1n) is 12.7. The number of rotatable bonds is 14. The molecule has 1 saturated carbocycles. The highest BCUT2D eigenvalue weighted by Gasteiger charge is 2.30. The summed E-state index contributed by atoms with van der Waals surface area (Å²) in [5.41, 5.74) is 2.89. The Morgan fingerprint density at radius 1 is 1.13 bits per heavy atom. The second-order valence-corrected chi connectivity index (χ2v) is 9.84. The molecule has 204 valence electrons. The normalized spacial score (nSPS) is 15.9. The van der Waals surface area contributed by atoms with Gasteiger partial charge in [-0.15, -0.1) is 0 Å². The molecule has 1 amide bonds. The molecule has 9 heteroatoms. The fraction of sp³-hybridized carbons (Fsp3) is 0.448. The molecule has 1 fully saturated rings. The Kier molecular flexibility index (Phi) is 9.85. The van der Waals surface area contributed by atoms with Crippen molar-refractivity contribution in [3.05, 3.63) is 64.7 Å². The number of ketones is 1. The van der Waals surface area contributed by atoms with Crippen molar-refractivity contribution in [1.82, 2.24) is 5.32 Å². The molecule has 3 rings (SSSR count). The number of methoxy groups -OCH3 is 1. The molecule has 0 radical (unpaired) electrons. The molecule has 3 N–H and O–H groups in total. The summed E-state index contributed by atoms with van der Waals surface area (Å²) in [6, 6.07) is 11.0. The molecule has 2 aromatic carbocycles. The van der Waals surface area contributed by atoms with Crippen LogP contribution in [-0.2, 0) is 26.7 Å². The third-order valence-electron chi connectivity index (χ3n) is 6.52. The SMILES string of the molecule is COCCCOc1ccc(C(C)NC(=O)CC(=O)Cc2ccc(C(=N)C3CC(=N)C3)cc2)cc1C(C)(F)F. The van der Waals surface area contributed by atoms with Crippen LogP contribution in [0.4, 0.5) is 8.78 Å². The Bertz CT molecular complexity index is 1170. The molecule has 2 aromatic rings. The van der Waals surface area contributed by atoms with Gasteiger partial charge in [0.05, 0.1) is 24.6 Å². The summed E-state index contributed by atoms with van der Waals surface area (Å²) in [5, 5.41) is 18.5. The zero-order valence-corrected chi connectivity index (χ0v) is 22.0. The van der Waals surface area contributed by atoms with Gasteiger partial charge >= 0.3 is 0 Å². The van der Waals surface area contributed by atoms with Gasteiger partial charge in [-0.1, -0.05) is 30.3 Å². The first-order valence-corrected chi connectivity index (χ1v) is 12.7. The average molecular weight is 528 g/mol. The van der Waals surface area contributed by atoms with E-state index in [1.54, 1.807) is 44.4 Å². The van der Waals surface area contributed by atoms with Crippen molar-refractivity contribution in [3.63, 3.8) is 0 Å². The van der Waals surface area contributed by atoms with Crippen molar-refractivity contribution >= 4 is 23.1 Å². The van der Waals surface area contributed by atoms with Crippen molar-refractivity contribution in [2.75, 3.05) is 20.3 Å². The van der Waals surface area contributed by atoms with Gasteiger partial charge in [0, 0.05) is 50.8 Å². The molecule has 0 aromatic heterocycles. The van der Waals surface area contributed by atoms with Gasteiger partial charge in [0.25, 0.3) is 5.92 Å². The monoisotopic (exact) mass is 527 g/mol. The Labute approximate surface area is 221 Å². The van der Waals surface area contributed by atoms with E-state index in [0.29, 0.717) is 42.9 Å². The van der Waals surface area contributed by atoms with E-state index in [4.69, 9.17) is 20.3 Å². The van der Waals surface area contributed by atoms with E-state index in [0.717, 1.165) is 18.1 Å². The number of hydrogen-bond acceptors (Lipinski definition) is 6. The molecule has 0 saturated heterocycles. The molecule has 0 spiro atoms. The number of alkyl halides is 2. The Balaban J connectivity index is 1.54. The van der Waals surface area contributed by atoms with Crippen LogP contribution in [0.15, 0.2) is 42.5 Å². The zero-order chi connectivity index (χ0) is 27.9. The predicted octanol–water partition coefficient (Wildman–Crippen LogP) is 5.39. The lowest BCUT2D eigenvalue weighted by atomic mass is 9.77. The number of halogens is 2. The number of amides is 1. The molecule has 1 unspecified atom stereocenters. The lowest BCUT2D eigenvalue weighted by molar-refractivity contribution is -0.128. The van der Waals surface area contributed by atoms with E-state index in [2.05, 4.69) is 5.32 Å². The maximum Gasteiger partial charge on any atom is 0.274 e. The number of nitrogens with one attached hydrogen (secondary N) is 3. The summed E-state index contributed by atoms with van der Waals surface area (Å²) in [6.07, 6.45) is 1.56. The van der Waals surface area contributed by atoms with Gasteiger partial charge in [0.1, 0.15) is 11.5 Å². The number of carbonyl (C=O) groups excluding carboxylic acids is 2. The Morgan fingerprint density at radius 2 is 1.82 bits per heavy atom. The highest BCUT2D eigenvalue weighted by Crippen LogP contribution is 2.36. The maximum absolute atomic E-state index is 14.3. The van der Waals surface area contributed by atoms with Gasteiger partial charge in [-0.3, -0.25) is 9.59 Å². The number of hydrogen-bond donors (Lipinski definition) is 3. The van der Waals surface area contributed by atoms with Crippen molar-refractivity contribution < 1.29 is 27.8 Å². The van der Waals surface area contributed by atoms with Gasteiger partial charge in [0.15, 0.2) is 0 Å². The van der Waals surface area contributed by atoms with Crippen LogP contribution in [0.3, 0.4) is 0 Å². The van der Waals surface area contributed by atoms with Gasteiger partial charge in [-0.05, 0) is 48.6 Å². The minimum atomic E-state index is -3.14.